The van der Waals surface area contributed by atoms with Gasteiger partial charge in [-0.25, -0.2) is 4.79 Å². The molecule has 0 radical (unpaired) electrons. The van der Waals surface area contributed by atoms with E-state index in [0.29, 0.717) is 12.3 Å². The van der Waals surface area contributed by atoms with Crippen LogP contribution in [-0.4, -0.2) is 30.2 Å². The minimum absolute atomic E-state index is 0.0247. The number of carbonyl (C=O) groups excluding carboxylic acids is 1. The van der Waals surface area contributed by atoms with Gasteiger partial charge in [0.2, 0.25) is 0 Å². The molecule has 0 spiro atoms. The summed E-state index contributed by atoms with van der Waals surface area (Å²) in [7, 11) is 0. The summed E-state index contributed by atoms with van der Waals surface area (Å²) in [5, 5.41) is 11.5. The second-order valence-corrected chi connectivity index (χ2v) is 3.04. The van der Waals surface area contributed by atoms with Crippen LogP contribution in [0.3, 0.4) is 0 Å². The van der Waals surface area contributed by atoms with Crippen molar-refractivity contribution in [3.8, 4) is 0 Å². The Morgan fingerprint density at radius 3 is 2.81 bits per heavy atom. The minimum Gasteiger partial charge on any atom is -0.478 e. The molecule has 1 rings (SSSR count). The third-order valence-electron chi connectivity index (χ3n) is 1.85. The molecule has 2 N–H and O–H groups in total. The molecular formula is C11H13NO4. The number of carboxylic acid groups (broad SMARTS) is 1. The average Bonchev–Trinajstić information content (AvgIpc) is 2.27. The monoisotopic (exact) mass is 223 g/mol. The van der Waals surface area contributed by atoms with Gasteiger partial charge in [-0.1, -0.05) is 6.07 Å². The van der Waals surface area contributed by atoms with Gasteiger partial charge in [0.25, 0.3) is 0 Å². The topological polar surface area (TPSA) is 75.6 Å². The van der Waals surface area contributed by atoms with Crippen LogP contribution in [0.2, 0.25) is 0 Å². The summed E-state index contributed by atoms with van der Waals surface area (Å²) in [6, 6.07) is 6.24. The van der Waals surface area contributed by atoms with Crippen molar-refractivity contribution in [3.63, 3.8) is 0 Å². The first kappa shape index (κ1) is 12.0. The Bertz CT molecular complexity index is 389. The second-order valence-electron chi connectivity index (χ2n) is 3.04. The van der Waals surface area contributed by atoms with Crippen molar-refractivity contribution < 1.29 is 19.4 Å². The normalized spacial score (nSPS) is 9.56. The lowest BCUT2D eigenvalue weighted by Gasteiger charge is -2.06. The predicted octanol–water partition coefficient (Wildman–Crippen LogP) is 1.36. The summed E-state index contributed by atoms with van der Waals surface area (Å²) in [4.78, 5) is 21.7. The van der Waals surface area contributed by atoms with Gasteiger partial charge in [0.05, 0.1) is 12.2 Å². The maximum Gasteiger partial charge on any atom is 0.335 e. The Hall–Kier alpha value is -2.04. The van der Waals surface area contributed by atoms with E-state index < -0.39 is 5.97 Å². The minimum atomic E-state index is -1.00. The second kappa shape index (κ2) is 5.75. The maximum absolute atomic E-state index is 11.0. The van der Waals surface area contributed by atoms with E-state index in [0.717, 1.165) is 0 Å². The average molecular weight is 223 g/mol. The summed E-state index contributed by atoms with van der Waals surface area (Å²) < 4.78 is 4.72. The fourth-order valence-corrected chi connectivity index (χ4v) is 1.15. The molecule has 5 heteroatoms. The molecule has 0 bridgehead atoms. The van der Waals surface area contributed by atoms with Crippen molar-refractivity contribution in [1.29, 1.82) is 0 Å². The highest BCUT2D eigenvalue weighted by Crippen LogP contribution is 2.10. The number of ether oxygens (including phenoxy) is 1. The molecule has 16 heavy (non-hydrogen) atoms. The highest BCUT2D eigenvalue weighted by molar-refractivity contribution is 5.89. The third-order valence-corrected chi connectivity index (χ3v) is 1.85. The Labute approximate surface area is 93.0 Å². The zero-order valence-electron chi connectivity index (χ0n) is 8.90. The lowest BCUT2D eigenvalue weighted by atomic mass is 10.2. The number of anilines is 1. The summed E-state index contributed by atoms with van der Waals surface area (Å²) in [6.07, 6.45) is 0. The van der Waals surface area contributed by atoms with E-state index >= 15 is 0 Å². The van der Waals surface area contributed by atoms with E-state index in [1.165, 1.54) is 12.1 Å². The van der Waals surface area contributed by atoms with Crippen molar-refractivity contribution in [2.45, 2.75) is 6.92 Å². The third kappa shape index (κ3) is 3.61. The van der Waals surface area contributed by atoms with Crippen LogP contribution in [0.25, 0.3) is 0 Å². The standard InChI is InChI=1S/C11H13NO4/c1-2-16-10(13)7-12-9-5-3-4-8(6-9)11(14)15/h3-6,12H,2,7H2,1H3,(H,14,15). The zero-order valence-corrected chi connectivity index (χ0v) is 8.90. The van der Waals surface area contributed by atoms with Gasteiger partial charge in [-0.3, -0.25) is 4.79 Å². The van der Waals surface area contributed by atoms with E-state index in [1.54, 1.807) is 19.1 Å². The van der Waals surface area contributed by atoms with Crippen LogP contribution in [0.5, 0.6) is 0 Å². The smallest absolute Gasteiger partial charge is 0.335 e. The van der Waals surface area contributed by atoms with Crippen LogP contribution in [0.15, 0.2) is 24.3 Å². The van der Waals surface area contributed by atoms with Crippen LogP contribution in [0, 0.1) is 0 Å². The molecule has 1 aromatic carbocycles. The first-order chi connectivity index (χ1) is 7.63. The van der Waals surface area contributed by atoms with Gasteiger partial charge in [0.1, 0.15) is 6.54 Å². The van der Waals surface area contributed by atoms with Crippen molar-refractivity contribution in [1.82, 2.24) is 0 Å². The molecule has 1 aromatic rings. The van der Waals surface area contributed by atoms with Crippen LogP contribution < -0.4 is 5.32 Å². The maximum atomic E-state index is 11.0. The van der Waals surface area contributed by atoms with Gasteiger partial charge >= 0.3 is 11.9 Å². The lowest BCUT2D eigenvalue weighted by molar-refractivity contribution is -0.140. The highest BCUT2D eigenvalue weighted by atomic mass is 16.5. The quantitative estimate of drug-likeness (QED) is 0.737. The van der Waals surface area contributed by atoms with Gasteiger partial charge in [-0.15, -0.1) is 0 Å². The molecule has 0 fully saturated rings. The Kier molecular flexibility index (Phi) is 4.32. The van der Waals surface area contributed by atoms with Gasteiger partial charge in [0.15, 0.2) is 0 Å². The fourth-order valence-electron chi connectivity index (χ4n) is 1.15. The fraction of sp³-hybridized carbons (Fsp3) is 0.273. The number of hydrogen-bond acceptors (Lipinski definition) is 4. The number of aromatic carboxylic acids is 1. The summed E-state index contributed by atoms with van der Waals surface area (Å²) in [6.45, 7) is 2.08. The molecule has 0 unspecified atom stereocenters. The first-order valence-corrected chi connectivity index (χ1v) is 4.86. The molecule has 86 valence electrons. The highest BCUT2D eigenvalue weighted by Gasteiger charge is 2.04. The molecule has 5 nitrogen and oxygen atoms in total. The first-order valence-electron chi connectivity index (χ1n) is 4.86. The lowest BCUT2D eigenvalue weighted by Crippen LogP contribution is -2.16. The SMILES string of the molecule is CCOC(=O)CNc1cccc(C(=O)O)c1. The largest absolute Gasteiger partial charge is 0.478 e. The van der Waals surface area contributed by atoms with Crippen LogP contribution in [0.4, 0.5) is 5.69 Å². The number of carboxylic acids is 1. The number of carbonyl (C=O) groups is 2. The van der Waals surface area contributed by atoms with Crippen molar-refractivity contribution >= 4 is 17.6 Å². The van der Waals surface area contributed by atoms with E-state index in [9.17, 15) is 9.59 Å². The molecule has 0 saturated carbocycles. The molecule has 0 saturated heterocycles. The van der Waals surface area contributed by atoms with Gasteiger partial charge in [-0.05, 0) is 25.1 Å². The summed E-state index contributed by atoms with van der Waals surface area (Å²) in [5.41, 5.74) is 0.752. The Balaban J connectivity index is 2.57. The molecular weight excluding hydrogens is 210 g/mol. The number of nitrogens with one attached hydrogen (secondary N) is 1. The summed E-state index contributed by atoms with van der Waals surface area (Å²) >= 11 is 0. The Morgan fingerprint density at radius 2 is 2.19 bits per heavy atom. The molecule has 0 aliphatic heterocycles. The molecule has 0 amide bonds. The van der Waals surface area contributed by atoms with Crippen molar-refractivity contribution in [2.75, 3.05) is 18.5 Å². The Morgan fingerprint density at radius 1 is 1.44 bits per heavy atom. The molecule has 0 aliphatic rings. The molecule has 0 heterocycles. The number of rotatable bonds is 5. The van der Waals surface area contributed by atoms with Crippen molar-refractivity contribution in [3.05, 3.63) is 29.8 Å². The number of hydrogen-bond donors (Lipinski definition) is 2. The molecule has 0 aromatic heterocycles. The van der Waals surface area contributed by atoms with Crippen LogP contribution >= 0.6 is 0 Å². The van der Waals surface area contributed by atoms with Crippen LogP contribution in [-0.2, 0) is 9.53 Å². The van der Waals surface area contributed by atoms with E-state index in [-0.39, 0.29) is 18.1 Å². The molecule has 0 atom stereocenters. The van der Waals surface area contributed by atoms with Gasteiger partial charge in [-0.2, -0.15) is 0 Å². The number of benzene rings is 1. The summed E-state index contributed by atoms with van der Waals surface area (Å²) in [5.74, 6) is -1.37. The van der Waals surface area contributed by atoms with Gasteiger partial charge in [0, 0.05) is 5.69 Å². The van der Waals surface area contributed by atoms with E-state index in [2.05, 4.69) is 5.32 Å². The van der Waals surface area contributed by atoms with E-state index in [1.807, 2.05) is 0 Å². The molecule has 0 aliphatic carbocycles. The van der Waals surface area contributed by atoms with E-state index in [4.69, 9.17) is 9.84 Å². The zero-order chi connectivity index (χ0) is 12.0. The number of esters is 1. The van der Waals surface area contributed by atoms with Crippen molar-refractivity contribution in [2.24, 2.45) is 0 Å². The van der Waals surface area contributed by atoms with Gasteiger partial charge < -0.3 is 15.2 Å². The van der Waals surface area contributed by atoms with Crippen LogP contribution in [0.1, 0.15) is 17.3 Å². The predicted molar refractivity (Wildman–Crippen MR) is 58.5 cm³/mol.